The van der Waals surface area contributed by atoms with E-state index in [-0.39, 0.29) is 5.75 Å². The van der Waals surface area contributed by atoms with Crippen LogP contribution in [-0.2, 0) is 27.9 Å². The van der Waals surface area contributed by atoms with Crippen LogP contribution in [-0.4, -0.2) is 68.1 Å². The van der Waals surface area contributed by atoms with Crippen molar-refractivity contribution in [3.8, 4) is 17.0 Å². The van der Waals surface area contributed by atoms with E-state index in [1.807, 2.05) is 10.4 Å². The Balaban J connectivity index is 1.90. The largest absolute Gasteiger partial charge is 0.530 e. The standard InChI is InChI=1S/C23H27ClN3O11P/c1-14(2)35-20(30)15(3)37-39(33,38-16-7-5-4-6-8-16)34-13-18-17(12-28)23(32,9-10-24)21(36-18)27-22(31)26-19(29)11-25-27/h4-8,11,14-15,17-18,21,28,32H,12-13H2,1-3H3,(H,26,29,31)/t15-,17?,18+,21+,23?,39?/m0/s1. The summed E-state index contributed by atoms with van der Waals surface area (Å²) in [7, 11) is -4.59. The van der Waals surface area contributed by atoms with E-state index >= 15 is 0 Å². The number of phosphoric ester groups is 1. The number of halogens is 1. The van der Waals surface area contributed by atoms with Crippen molar-refractivity contribution in [3.63, 3.8) is 0 Å². The lowest BCUT2D eigenvalue weighted by Gasteiger charge is -2.27. The van der Waals surface area contributed by atoms with Crippen molar-refractivity contribution >= 4 is 25.4 Å². The van der Waals surface area contributed by atoms with E-state index in [1.165, 1.54) is 19.1 Å². The SMILES string of the molecule is CC(C)OC(=O)[C@H](C)OP(=O)(OC[C@H]1O[C@@H](n2ncc(=O)[nH]c2=O)C(O)(C#CCl)C1CO)Oc1ccccc1. The molecule has 1 saturated heterocycles. The van der Waals surface area contributed by atoms with Gasteiger partial charge in [0.05, 0.1) is 31.3 Å². The third kappa shape index (κ3) is 7.34. The predicted molar refractivity (Wildman–Crippen MR) is 135 cm³/mol. The summed E-state index contributed by atoms with van der Waals surface area (Å²) in [5, 5.41) is 27.1. The summed E-state index contributed by atoms with van der Waals surface area (Å²) < 4.78 is 41.4. The first-order valence-electron chi connectivity index (χ1n) is 11.6. The number of nitrogens with zero attached hydrogens (tertiary/aromatic N) is 2. The fraction of sp³-hybridized carbons (Fsp3) is 0.478. The fourth-order valence-electron chi connectivity index (χ4n) is 3.66. The Bertz CT molecular complexity index is 1370. The van der Waals surface area contributed by atoms with Crippen molar-refractivity contribution < 1.29 is 42.6 Å². The zero-order valence-electron chi connectivity index (χ0n) is 21.1. The van der Waals surface area contributed by atoms with Crippen molar-refractivity contribution in [2.24, 2.45) is 5.92 Å². The van der Waals surface area contributed by atoms with Gasteiger partial charge in [-0.3, -0.25) is 18.8 Å². The Labute approximate surface area is 227 Å². The van der Waals surface area contributed by atoms with Gasteiger partial charge in [-0.1, -0.05) is 18.2 Å². The van der Waals surface area contributed by atoms with Crippen molar-refractivity contribution in [1.82, 2.24) is 14.8 Å². The highest BCUT2D eigenvalue weighted by Crippen LogP contribution is 2.52. The number of carbonyl (C=O) groups is 1. The second-order valence-electron chi connectivity index (χ2n) is 8.62. The minimum Gasteiger partial charge on any atom is -0.461 e. The number of aromatic amines is 1. The zero-order chi connectivity index (χ0) is 28.8. The predicted octanol–water partition coefficient (Wildman–Crippen LogP) is 0.929. The van der Waals surface area contributed by atoms with Crippen LogP contribution in [0.4, 0.5) is 0 Å². The number of H-pyrrole nitrogens is 1. The first kappa shape index (κ1) is 30.5. The third-order valence-electron chi connectivity index (χ3n) is 5.43. The van der Waals surface area contributed by atoms with Crippen LogP contribution < -0.4 is 15.8 Å². The molecule has 0 saturated carbocycles. The summed E-state index contributed by atoms with van der Waals surface area (Å²) in [5.74, 6) is 0.260. The highest BCUT2D eigenvalue weighted by atomic mass is 35.5. The molecule has 3 N–H and O–H groups in total. The van der Waals surface area contributed by atoms with Gasteiger partial charge in [-0.25, -0.2) is 14.2 Å². The number of aliphatic hydroxyl groups excluding tert-OH is 1. The molecular formula is C23H27ClN3O11P. The Morgan fingerprint density at radius 2 is 2.00 bits per heavy atom. The maximum absolute atomic E-state index is 13.7. The number of ether oxygens (including phenoxy) is 2. The zero-order valence-corrected chi connectivity index (χ0v) is 22.7. The van der Waals surface area contributed by atoms with E-state index in [4.69, 9.17) is 34.6 Å². The molecule has 0 aliphatic carbocycles. The van der Waals surface area contributed by atoms with Crippen LogP contribution in [0.2, 0.25) is 0 Å². The second-order valence-corrected chi connectivity index (χ2v) is 10.4. The van der Waals surface area contributed by atoms with Gasteiger partial charge in [0.1, 0.15) is 11.9 Å². The van der Waals surface area contributed by atoms with E-state index in [9.17, 15) is 29.2 Å². The van der Waals surface area contributed by atoms with Crippen molar-refractivity contribution in [3.05, 3.63) is 57.4 Å². The molecule has 2 heterocycles. The molecule has 2 aromatic rings. The molecule has 0 amide bonds. The highest BCUT2D eigenvalue weighted by Gasteiger charge is 2.57. The van der Waals surface area contributed by atoms with E-state index in [0.29, 0.717) is 4.68 Å². The van der Waals surface area contributed by atoms with Crippen LogP contribution in [0, 0.1) is 17.2 Å². The molecule has 212 valence electrons. The molecule has 1 aliphatic heterocycles. The molecule has 1 fully saturated rings. The van der Waals surface area contributed by atoms with Crippen LogP contribution >= 0.6 is 19.4 Å². The van der Waals surface area contributed by atoms with Crippen molar-refractivity contribution in [1.29, 1.82) is 0 Å². The van der Waals surface area contributed by atoms with Gasteiger partial charge in [0.25, 0.3) is 5.56 Å². The van der Waals surface area contributed by atoms with Crippen molar-refractivity contribution in [2.45, 2.75) is 50.9 Å². The summed E-state index contributed by atoms with van der Waals surface area (Å²) in [4.78, 5) is 38.1. The lowest BCUT2D eigenvalue weighted by Crippen LogP contribution is -2.47. The Morgan fingerprint density at radius 1 is 1.31 bits per heavy atom. The van der Waals surface area contributed by atoms with Crippen molar-refractivity contribution in [2.75, 3.05) is 13.2 Å². The number of hydrogen-bond acceptors (Lipinski definition) is 12. The molecule has 14 nitrogen and oxygen atoms in total. The molecule has 1 aromatic heterocycles. The highest BCUT2D eigenvalue weighted by molar-refractivity contribution is 7.49. The Hall–Kier alpha value is -3.02. The molecule has 1 aromatic carbocycles. The summed E-state index contributed by atoms with van der Waals surface area (Å²) in [6.07, 6.45) is -4.05. The quantitative estimate of drug-likeness (QED) is 0.192. The van der Waals surface area contributed by atoms with Gasteiger partial charge in [-0.15, -0.1) is 0 Å². The van der Waals surface area contributed by atoms with Gasteiger partial charge < -0.3 is 24.2 Å². The van der Waals surface area contributed by atoms with Gasteiger partial charge in [0.2, 0.25) is 0 Å². The Morgan fingerprint density at radius 3 is 2.59 bits per heavy atom. The molecule has 16 heteroatoms. The van der Waals surface area contributed by atoms with Crippen LogP contribution in [0.25, 0.3) is 0 Å². The average Bonchev–Trinajstić information content (AvgIpc) is 3.14. The van der Waals surface area contributed by atoms with E-state index in [2.05, 4.69) is 11.0 Å². The van der Waals surface area contributed by atoms with Gasteiger partial charge in [0.15, 0.2) is 17.9 Å². The minimum absolute atomic E-state index is 0.0858. The van der Waals surface area contributed by atoms with E-state index in [0.717, 1.165) is 6.20 Å². The number of aliphatic hydroxyl groups is 2. The van der Waals surface area contributed by atoms with Crippen LogP contribution in [0.3, 0.4) is 0 Å². The topological polar surface area (TPSA) is 188 Å². The molecule has 6 atom stereocenters. The van der Waals surface area contributed by atoms with E-state index in [1.54, 1.807) is 32.0 Å². The number of para-hydroxylation sites is 1. The first-order valence-corrected chi connectivity index (χ1v) is 13.4. The summed E-state index contributed by atoms with van der Waals surface area (Å²) in [6, 6.07) is 7.83. The first-order chi connectivity index (χ1) is 18.4. The monoisotopic (exact) mass is 587 g/mol. The minimum atomic E-state index is -4.59. The maximum atomic E-state index is 13.7. The van der Waals surface area contributed by atoms with E-state index < -0.39 is 74.3 Å². The number of phosphoric acid groups is 1. The summed E-state index contributed by atoms with van der Waals surface area (Å²) >= 11 is 5.54. The number of carbonyl (C=O) groups excluding carboxylic acids is 1. The molecular weight excluding hydrogens is 561 g/mol. The summed E-state index contributed by atoms with van der Waals surface area (Å²) in [5.41, 5.74) is -4.15. The van der Waals surface area contributed by atoms with Gasteiger partial charge in [0, 0.05) is 5.38 Å². The molecule has 0 bridgehead atoms. The number of rotatable bonds is 11. The van der Waals surface area contributed by atoms with Gasteiger partial charge >= 0.3 is 19.5 Å². The molecule has 3 rings (SSSR count). The fourth-order valence-corrected chi connectivity index (χ4v) is 5.16. The number of aromatic nitrogens is 3. The normalized spacial score (nSPS) is 24.8. The van der Waals surface area contributed by atoms with Crippen LogP contribution in [0.5, 0.6) is 5.75 Å². The van der Waals surface area contributed by atoms with Crippen LogP contribution in [0.1, 0.15) is 27.0 Å². The maximum Gasteiger partial charge on any atom is 0.530 e. The lowest BCUT2D eigenvalue weighted by atomic mass is 9.86. The van der Waals surface area contributed by atoms with Crippen LogP contribution in [0.15, 0.2) is 46.1 Å². The lowest BCUT2D eigenvalue weighted by molar-refractivity contribution is -0.155. The summed E-state index contributed by atoms with van der Waals surface area (Å²) in [6.45, 7) is 3.13. The average molecular weight is 588 g/mol. The Kier molecular flexibility index (Phi) is 10.1. The number of nitrogens with one attached hydrogen (secondary N) is 1. The molecule has 3 unspecified atom stereocenters. The molecule has 1 aliphatic rings. The number of esters is 1. The molecule has 39 heavy (non-hydrogen) atoms. The second kappa shape index (κ2) is 12.9. The van der Waals surface area contributed by atoms with Gasteiger partial charge in [-0.2, -0.15) is 9.78 Å². The van der Waals surface area contributed by atoms with Gasteiger partial charge in [-0.05, 0) is 50.4 Å². The molecule has 0 spiro atoms. The third-order valence-corrected chi connectivity index (χ3v) is 7.00. The number of benzene rings is 1. The smallest absolute Gasteiger partial charge is 0.461 e. The molecule has 0 radical (unpaired) electrons. The number of hydrogen-bond donors (Lipinski definition) is 3.